The minimum absolute atomic E-state index is 0.0270. The number of hydrogen-bond donors (Lipinski definition) is 1. The molecule has 1 atom stereocenters. The zero-order valence-corrected chi connectivity index (χ0v) is 14.8. The summed E-state index contributed by atoms with van der Waals surface area (Å²) >= 11 is 0. The van der Waals surface area contributed by atoms with Crippen molar-refractivity contribution in [2.75, 3.05) is 11.9 Å². The molecule has 0 aromatic heterocycles. The number of nitrogens with one attached hydrogen (secondary N) is 1. The predicted octanol–water partition coefficient (Wildman–Crippen LogP) is 4.50. The Hall–Kier alpha value is -2.49. The van der Waals surface area contributed by atoms with Crippen molar-refractivity contribution in [3.8, 4) is 11.5 Å². The quantitative estimate of drug-likeness (QED) is 0.814. The summed E-state index contributed by atoms with van der Waals surface area (Å²) < 4.78 is 11.4. The molecule has 0 bridgehead atoms. The standard InChI is InChI=1S/C20H25NO3/c1-5-16(4)24-18-8-6-7-17(12-18)21-20(22)13-23-19-11-14(2)9-10-15(19)3/h6-12,16H,5,13H2,1-4H3,(H,21,22). The van der Waals surface area contributed by atoms with Gasteiger partial charge in [0.2, 0.25) is 0 Å². The Bertz CT molecular complexity index is 697. The average Bonchev–Trinajstić information content (AvgIpc) is 2.56. The molecule has 1 unspecified atom stereocenters. The third kappa shape index (κ3) is 5.30. The molecule has 1 amide bonds. The fourth-order valence-electron chi connectivity index (χ4n) is 2.17. The molecule has 0 spiro atoms. The Morgan fingerprint density at radius 2 is 1.96 bits per heavy atom. The van der Waals surface area contributed by atoms with E-state index in [9.17, 15) is 4.79 Å². The molecule has 24 heavy (non-hydrogen) atoms. The summed E-state index contributed by atoms with van der Waals surface area (Å²) in [6.45, 7) is 8.02. The van der Waals surface area contributed by atoms with Gasteiger partial charge in [0.1, 0.15) is 11.5 Å². The van der Waals surface area contributed by atoms with E-state index in [0.717, 1.165) is 29.0 Å². The summed E-state index contributed by atoms with van der Waals surface area (Å²) in [5.74, 6) is 1.29. The second kappa shape index (κ2) is 8.39. The summed E-state index contributed by atoms with van der Waals surface area (Å²) in [5.41, 5.74) is 2.81. The Kier molecular flexibility index (Phi) is 6.24. The van der Waals surface area contributed by atoms with Crippen molar-refractivity contribution >= 4 is 11.6 Å². The second-order valence-electron chi connectivity index (χ2n) is 5.97. The number of anilines is 1. The van der Waals surface area contributed by atoms with Gasteiger partial charge < -0.3 is 14.8 Å². The predicted molar refractivity (Wildman–Crippen MR) is 96.9 cm³/mol. The van der Waals surface area contributed by atoms with Crippen LogP contribution in [0.2, 0.25) is 0 Å². The van der Waals surface area contributed by atoms with Crippen LogP contribution in [0.25, 0.3) is 0 Å². The molecule has 0 aliphatic rings. The van der Waals surface area contributed by atoms with Crippen LogP contribution in [-0.4, -0.2) is 18.6 Å². The van der Waals surface area contributed by atoms with Crippen molar-refractivity contribution in [2.24, 2.45) is 0 Å². The van der Waals surface area contributed by atoms with Crippen LogP contribution in [0.3, 0.4) is 0 Å². The summed E-state index contributed by atoms with van der Waals surface area (Å²) in [7, 11) is 0. The van der Waals surface area contributed by atoms with Crippen molar-refractivity contribution in [2.45, 2.75) is 40.2 Å². The first kappa shape index (κ1) is 17.9. The van der Waals surface area contributed by atoms with Crippen LogP contribution < -0.4 is 14.8 Å². The molecule has 4 nitrogen and oxygen atoms in total. The zero-order valence-electron chi connectivity index (χ0n) is 14.8. The first-order chi connectivity index (χ1) is 11.5. The highest BCUT2D eigenvalue weighted by molar-refractivity contribution is 5.92. The molecular formula is C20H25NO3. The van der Waals surface area contributed by atoms with Crippen LogP contribution in [0.5, 0.6) is 11.5 Å². The highest BCUT2D eigenvalue weighted by atomic mass is 16.5. The van der Waals surface area contributed by atoms with Crippen LogP contribution in [0, 0.1) is 13.8 Å². The summed E-state index contributed by atoms with van der Waals surface area (Å²) in [6.07, 6.45) is 1.07. The Balaban J connectivity index is 1.92. The molecule has 0 aliphatic heterocycles. The summed E-state index contributed by atoms with van der Waals surface area (Å²) in [6, 6.07) is 13.3. The van der Waals surface area contributed by atoms with Gasteiger partial charge in [-0.1, -0.05) is 25.1 Å². The van der Waals surface area contributed by atoms with Gasteiger partial charge in [-0.3, -0.25) is 4.79 Å². The Labute approximate surface area is 143 Å². The van der Waals surface area contributed by atoms with Crippen molar-refractivity contribution in [3.05, 3.63) is 53.6 Å². The third-order valence-corrected chi connectivity index (χ3v) is 3.73. The maximum absolute atomic E-state index is 12.1. The summed E-state index contributed by atoms with van der Waals surface area (Å²) in [5, 5.41) is 2.83. The lowest BCUT2D eigenvalue weighted by Crippen LogP contribution is -2.20. The molecule has 0 fully saturated rings. The van der Waals surface area contributed by atoms with Crippen LogP contribution >= 0.6 is 0 Å². The number of carbonyl (C=O) groups excluding carboxylic acids is 1. The SMILES string of the molecule is CCC(C)Oc1cccc(NC(=O)COc2cc(C)ccc2C)c1. The second-order valence-corrected chi connectivity index (χ2v) is 5.97. The molecule has 128 valence electrons. The number of amides is 1. The smallest absolute Gasteiger partial charge is 0.262 e. The minimum atomic E-state index is -0.198. The van der Waals surface area contributed by atoms with Gasteiger partial charge in [-0.2, -0.15) is 0 Å². The van der Waals surface area contributed by atoms with Crippen molar-refractivity contribution < 1.29 is 14.3 Å². The van der Waals surface area contributed by atoms with E-state index in [1.165, 1.54) is 0 Å². The Morgan fingerprint density at radius 3 is 2.71 bits per heavy atom. The molecule has 0 radical (unpaired) electrons. The van der Waals surface area contributed by atoms with Crippen LogP contribution in [0.4, 0.5) is 5.69 Å². The fourth-order valence-corrected chi connectivity index (χ4v) is 2.17. The molecule has 2 rings (SSSR count). The number of ether oxygens (including phenoxy) is 2. The Morgan fingerprint density at radius 1 is 1.17 bits per heavy atom. The number of hydrogen-bond acceptors (Lipinski definition) is 3. The largest absolute Gasteiger partial charge is 0.491 e. The molecule has 2 aromatic rings. The van der Waals surface area contributed by atoms with Gasteiger partial charge in [-0.05, 0) is 56.5 Å². The fraction of sp³-hybridized carbons (Fsp3) is 0.350. The lowest BCUT2D eigenvalue weighted by molar-refractivity contribution is -0.118. The van der Waals surface area contributed by atoms with E-state index in [2.05, 4.69) is 12.2 Å². The molecule has 0 saturated heterocycles. The first-order valence-electron chi connectivity index (χ1n) is 8.24. The van der Waals surface area contributed by atoms with Gasteiger partial charge in [0, 0.05) is 11.8 Å². The molecule has 0 heterocycles. The molecule has 1 N–H and O–H groups in total. The van der Waals surface area contributed by atoms with E-state index < -0.39 is 0 Å². The topological polar surface area (TPSA) is 47.6 Å². The molecular weight excluding hydrogens is 302 g/mol. The molecule has 0 aliphatic carbocycles. The number of carbonyl (C=O) groups is 1. The number of benzene rings is 2. The lowest BCUT2D eigenvalue weighted by Gasteiger charge is -2.14. The number of aryl methyl sites for hydroxylation is 2. The maximum Gasteiger partial charge on any atom is 0.262 e. The van der Waals surface area contributed by atoms with Crippen molar-refractivity contribution in [3.63, 3.8) is 0 Å². The van der Waals surface area contributed by atoms with Crippen LogP contribution in [-0.2, 0) is 4.79 Å². The van der Waals surface area contributed by atoms with Crippen molar-refractivity contribution in [1.29, 1.82) is 0 Å². The van der Waals surface area contributed by atoms with Gasteiger partial charge in [-0.25, -0.2) is 0 Å². The average molecular weight is 327 g/mol. The van der Waals surface area contributed by atoms with E-state index in [1.54, 1.807) is 0 Å². The van der Waals surface area contributed by atoms with Crippen LogP contribution in [0.1, 0.15) is 31.4 Å². The summed E-state index contributed by atoms with van der Waals surface area (Å²) in [4.78, 5) is 12.1. The van der Waals surface area contributed by atoms with Gasteiger partial charge in [0.15, 0.2) is 6.61 Å². The van der Waals surface area contributed by atoms with Crippen molar-refractivity contribution in [1.82, 2.24) is 0 Å². The molecule has 0 saturated carbocycles. The van der Waals surface area contributed by atoms with Gasteiger partial charge in [0.25, 0.3) is 5.91 Å². The van der Waals surface area contributed by atoms with E-state index in [-0.39, 0.29) is 18.6 Å². The normalized spacial score (nSPS) is 11.7. The van der Waals surface area contributed by atoms with Gasteiger partial charge in [0.05, 0.1) is 6.10 Å². The van der Waals surface area contributed by atoms with Gasteiger partial charge in [-0.15, -0.1) is 0 Å². The van der Waals surface area contributed by atoms with E-state index >= 15 is 0 Å². The van der Waals surface area contributed by atoms with E-state index in [1.807, 2.05) is 63.2 Å². The minimum Gasteiger partial charge on any atom is -0.491 e. The van der Waals surface area contributed by atoms with Gasteiger partial charge >= 0.3 is 0 Å². The molecule has 2 aromatic carbocycles. The van der Waals surface area contributed by atoms with E-state index in [4.69, 9.17) is 9.47 Å². The maximum atomic E-state index is 12.1. The zero-order chi connectivity index (χ0) is 17.5. The monoisotopic (exact) mass is 327 g/mol. The highest BCUT2D eigenvalue weighted by Crippen LogP contribution is 2.20. The first-order valence-corrected chi connectivity index (χ1v) is 8.24. The lowest BCUT2D eigenvalue weighted by atomic mass is 10.1. The van der Waals surface area contributed by atoms with Crippen LogP contribution in [0.15, 0.2) is 42.5 Å². The number of rotatable bonds is 7. The third-order valence-electron chi connectivity index (χ3n) is 3.73. The highest BCUT2D eigenvalue weighted by Gasteiger charge is 2.07. The molecule has 4 heteroatoms. The van der Waals surface area contributed by atoms with E-state index in [0.29, 0.717) is 5.69 Å².